The third kappa shape index (κ3) is 4.83. The van der Waals surface area contributed by atoms with Crippen LogP contribution in [0.4, 0.5) is 13.6 Å². The second kappa shape index (κ2) is 10.1. The van der Waals surface area contributed by atoms with E-state index >= 15 is 0 Å². The molecule has 0 bridgehead atoms. The quantitative estimate of drug-likeness (QED) is 0.605. The van der Waals surface area contributed by atoms with Crippen molar-refractivity contribution in [1.29, 1.82) is 0 Å². The fourth-order valence-electron chi connectivity index (χ4n) is 6.23. The first-order chi connectivity index (χ1) is 17.0. The largest absolute Gasteiger partial charge is 0.338 e. The molecule has 7 heteroatoms. The second-order valence-electron chi connectivity index (χ2n) is 10.2. The maximum atomic E-state index is 13.8. The van der Waals surface area contributed by atoms with Gasteiger partial charge in [0.2, 0.25) is 5.91 Å². The molecule has 5 rings (SSSR count). The lowest BCUT2D eigenvalue weighted by Crippen LogP contribution is -2.48. The predicted octanol–water partition coefficient (Wildman–Crippen LogP) is 5.10. The molecule has 0 saturated carbocycles. The van der Waals surface area contributed by atoms with Gasteiger partial charge < -0.3 is 10.2 Å². The number of nitrogens with zero attached hydrogens (tertiary/aromatic N) is 2. The van der Waals surface area contributed by atoms with Crippen LogP contribution in [0.1, 0.15) is 67.7 Å². The molecular formula is C28H33F2N3O2. The molecule has 35 heavy (non-hydrogen) atoms. The van der Waals surface area contributed by atoms with Gasteiger partial charge >= 0.3 is 6.03 Å². The number of hydrogen-bond acceptors (Lipinski definition) is 3. The van der Waals surface area contributed by atoms with Crippen molar-refractivity contribution < 1.29 is 18.4 Å². The van der Waals surface area contributed by atoms with Gasteiger partial charge in [0.15, 0.2) is 11.6 Å². The van der Waals surface area contributed by atoms with E-state index in [4.69, 9.17) is 0 Å². The predicted molar refractivity (Wildman–Crippen MR) is 130 cm³/mol. The summed E-state index contributed by atoms with van der Waals surface area (Å²) < 4.78 is 27.1. The number of halogens is 2. The molecule has 2 fully saturated rings. The normalized spacial score (nSPS) is 21.8. The van der Waals surface area contributed by atoms with Crippen LogP contribution in [0.3, 0.4) is 0 Å². The van der Waals surface area contributed by atoms with Crippen molar-refractivity contribution in [2.75, 3.05) is 26.2 Å². The topological polar surface area (TPSA) is 52.7 Å². The number of fused-ring (bicyclic) bond motifs is 2. The van der Waals surface area contributed by atoms with Crippen molar-refractivity contribution in [2.24, 2.45) is 0 Å². The van der Waals surface area contributed by atoms with E-state index in [1.807, 2.05) is 0 Å². The smallest absolute Gasteiger partial charge is 0.324 e. The van der Waals surface area contributed by atoms with E-state index in [-0.39, 0.29) is 12.3 Å². The number of nitrogens with one attached hydrogen (secondary N) is 1. The average Bonchev–Trinajstić information content (AvgIpc) is 3.22. The van der Waals surface area contributed by atoms with Gasteiger partial charge in [-0.3, -0.25) is 9.69 Å². The summed E-state index contributed by atoms with van der Waals surface area (Å²) in [7, 11) is 0. The Balaban J connectivity index is 1.11. The zero-order valence-corrected chi connectivity index (χ0v) is 20.1. The standard InChI is InChI=1S/C28H33F2N3O2/c29-23-10-9-21(19-24(23)30)25-7-3-8-26(34)33(25)27(35)31-15-4-16-32-17-13-28(14-18-32)12-11-20-5-1-2-6-22(20)28/h1-2,5-6,9-10,19,25H,3-4,7-8,11-18H2,(H,31,35). The molecule has 0 radical (unpaired) electrons. The van der Waals surface area contributed by atoms with Crippen LogP contribution < -0.4 is 5.32 Å². The van der Waals surface area contributed by atoms with Gasteiger partial charge in [0.25, 0.3) is 0 Å². The Labute approximate surface area is 205 Å². The van der Waals surface area contributed by atoms with Gasteiger partial charge in [-0.2, -0.15) is 0 Å². The van der Waals surface area contributed by atoms with Crippen LogP contribution in [0, 0.1) is 11.6 Å². The van der Waals surface area contributed by atoms with Crippen molar-refractivity contribution in [3.8, 4) is 0 Å². The highest BCUT2D eigenvalue weighted by atomic mass is 19.2. The van der Waals surface area contributed by atoms with Gasteiger partial charge in [-0.15, -0.1) is 0 Å². The zero-order chi connectivity index (χ0) is 24.4. The number of rotatable bonds is 5. The Kier molecular flexibility index (Phi) is 6.87. The highest BCUT2D eigenvalue weighted by molar-refractivity contribution is 5.95. The summed E-state index contributed by atoms with van der Waals surface area (Å²) in [6, 6.07) is 11.4. The van der Waals surface area contributed by atoms with Crippen LogP contribution in [0.15, 0.2) is 42.5 Å². The SMILES string of the molecule is O=C1CCCC(c2ccc(F)c(F)c2)N1C(=O)NCCCN1CCC2(CCc3ccccc32)CC1. The number of carbonyl (C=O) groups excluding carboxylic acids is 2. The summed E-state index contributed by atoms with van der Waals surface area (Å²) >= 11 is 0. The van der Waals surface area contributed by atoms with E-state index in [0.29, 0.717) is 30.4 Å². The summed E-state index contributed by atoms with van der Waals surface area (Å²) in [5, 5.41) is 2.88. The summed E-state index contributed by atoms with van der Waals surface area (Å²) in [5.74, 6) is -2.18. The Bertz CT molecular complexity index is 1100. The average molecular weight is 482 g/mol. The van der Waals surface area contributed by atoms with Gasteiger partial charge in [-0.05, 0) is 98.8 Å². The first kappa shape index (κ1) is 23.9. The van der Waals surface area contributed by atoms with E-state index in [0.717, 1.165) is 38.2 Å². The zero-order valence-electron chi connectivity index (χ0n) is 20.1. The van der Waals surface area contributed by atoms with Gasteiger partial charge in [-0.25, -0.2) is 13.6 Å². The maximum Gasteiger partial charge on any atom is 0.324 e. The Morgan fingerprint density at radius 3 is 2.63 bits per heavy atom. The molecule has 3 amide bonds. The van der Waals surface area contributed by atoms with E-state index in [2.05, 4.69) is 34.5 Å². The molecule has 2 aromatic rings. The fourth-order valence-corrected chi connectivity index (χ4v) is 6.23. The van der Waals surface area contributed by atoms with Crippen LogP contribution in [0.25, 0.3) is 0 Å². The number of carbonyl (C=O) groups is 2. The lowest BCUT2D eigenvalue weighted by molar-refractivity contribution is -0.132. The van der Waals surface area contributed by atoms with E-state index in [1.165, 1.54) is 42.2 Å². The number of likely N-dealkylation sites (tertiary alicyclic amines) is 2. The summed E-state index contributed by atoms with van der Waals surface area (Å²) in [4.78, 5) is 29.1. The van der Waals surface area contributed by atoms with Crippen LogP contribution in [0.2, 0.25) is 0 Å². The number of piperidine rings is 2. The fraction of sp³-hybridized carbons (Fsp3) is 0.500. The van der Waals surface area contributed by atoms with Gasteiger partial charge in [-0.1, -0.05) is 30.3 Å². The monoisotopic (exact) mass is 481 g/mol. The molecule has 1 N–H and O–H groups in total. The molecule has 5 nitrogen and oxygen atoms in total. The molecule has 3 aliphatic rings. The van der Waals surface area contributed by atoms with Crippen LogP contribution >= 0.6 is 0 Å². The lowest BCUT2D eigenvalue weighted by atomic mass is 9.74. The van der Waals surface area contributed by atoms with Crippen molar-refractivity contribution in [3.05, 3.63) is 70.8 Å². The van der Waals surface area contributed by atoms with Gasteiger partial charge in [0.05, 0.1) is 6.04 Å². The lowest BCUT2D eigenvalue weighted by Gasteiger charge is -2.40. The van der Waals surface area contributed by atoms with Crippen molar-refractivity contribution >= 4 is 11.9 Å². The van der Waals surface area contributed by atoms with Crippen LogP contribution in [-0.2, 0) is 16.6 Å². The highest BCUT2D eigenvalue weighted by Crippen LogP contribution is 2.46. The number of aryl methyl sites for hydroxylation is 1. The third-order valence-corrected chi connectivity index (χ3v) is 8.20. The minimum absolute atomic E-state index is 0.276. The van der Waals surface area contributed by atoms with Crippen molar-refractivity contribution in [2.45, 2.75) is 62.8 Å². The number of hydrogen-bond donors (Lipinski definition) is 1. The summed E-state index contributed by atoms with van der Waals surface area (Å²) in [6.07, 6.45) is 7.03. The van der Waals surface area contributed by atoms with Gasteiger partial charge in [0.1, 0.15) is 0 Å². The van der Waals surface area contributed by atoms with Gasteiger partial charge in [0, 0.05) is 13.0 Å². The molecule has 2 heterocycles. The maximum absolute atomic E-state index is 13.8. The molecule has 1 atom stereocenters. The molecule has 1 spiro atoms. The van der Waals surface area contributed by atoms with Crippen LogP contribution in [-0.4, -0.2) is 47.9 Å². The molecule has 0 aromatic heterocycles. The minimum Gasteiger partial charge on any atom is -0.338 e. The number of imide groups is 1. The Hall–Kier alpha value is -2.80. The van der Waals surface area contributed by atoms with E-state index in [9.17, 15) is 18.4 Å². The molecule has 186 valence electrons. The number of amides is 3. The van der Waals surface area contributed by atoms with Crippen molar-refractivity contribution in [3.63, 3.8) is 0 Å². The third-order valence-electron chi connectivity index (χ3n) is 8.20. The highest BCUT2D eigenvalue weighted by Gasteiger charge is 2.40. The number of urea groups is 1. The number of benzene rings is 2. The summed E-state index contributed by atoms with van der Waals surface area (Å²) in [5.41, 5.74) is 3.85. The van der Waals surface area contributed by atoms with Crippen molar-refractivity contribution in [1.82, 2.24) is 15.1 Å². The minimum atomic E-state index is -0.967. The molecule has 2 aromatic carbocycles. The first-order valence-electron chi connectivity index (χ1n) is 12.8. The first-order valence-corrected chi connectivity index (χ1v) is 12.8. The molecule has 1 unspecified atom stereocenters. The Morgan fingerprint density at radius 2 is 1.83 bits per heavy atom. The van der Waals surface area contributed by atoms with Crippen LogP contribution in [0.5, 0.6) is 0 Å². The molecular weight excluding hydrogens is 448 g/mol. The molecule has 2 saturated heterocycles. The summed E-state index contributed by atoms with van der Waals surface area (Å²) in [6.45, 7) is 3.49. The second-order valence-corrected chi connectivity index (χ2v) is 10.2. The molecule has 1 aliphatic carbocycles. The van der Waals surface area contributed by atoms with E-state index in [1.54, 1.807) is 5.56 Å². The van der Waals surface area contributed by atoms with E-state index < -0.39 is 23.7 Å². The molecule has 2 aliphatic heterocycles. The Morgan fingerprint density at radius 1 is 1.03 bits per heavy atom.